The predicted octanol–water partition coefficient (Wildman–Crippen LogP) is 7.14. The molecule has 2 heterocycles. The maximum absolute atomic E-state index is 14.4. The van der Waals surface area contributed by atoms with Crippen LogP contribution in [0.3, 0.4) is 0 Å². The van der Waals surface area contributed by atoms with E-state index in [0.717, 1.165) is 39.9 Å². The number of fused-ring (bicyclic) bond motifs is 2. The number of alkyl halides is 3. The summed E-state index contributed by atoms with van der Waals surface area (Å²) in [5.41, 5.74) is 2.75. The van der Waals surface area contributed by atoms with Crippen molar-refractivity contribution >= 4 is 22.6 Å². The fraction of sp³-hybridized carbons (Fsp3) is 0.179. The summed E-state index contributed by atoms with van der Waals surface area (Å²) in [6, 6.07) is 15.4. The second kappa shape index (κ2) is 10.9. The number of hydrogen-bond donors (Lipinski definition) is 0. The molecule has 0 unspecified atom stereocenters. The van der Waals surface area contributed by atoms with Crippen LogP contribution in [0.25, 0.3) is 33.0 Å². The minimum atomic E-state index is -4.47. The Balaban J connectivity index is 0.000000206. The fourth-order valence-corrected chi connectivity index (χ4v) is 4.31. The summed E-state index contributed by atoms with van der Waals surface area (Å²) in [6.45, 7) is 5.73. The molecule has 5 rings (SSSR count). The fourth-order valence-electron chi connectivity index (χ4n) is 4.31. The minimum absolute atomic E-state index is 0. The molecule has 0 fully saturated rings. The first-order chi connectivity index (χ1) is 17.1. The van der Waals surface area contributed by atoms with Crippen LogP contribution in [0.5, 0.6) is 0 Å². The molecular weight excluding hydrogens is 661 g/mol. The third kappa shape index (κ3) is 5.48. The molecule has 0 spiro atoms. The average Bonchev–Trinajstić information content (AvgIpc) is 3.34. The zero-order chi connectivity index (χ0) is 26.1. The third-order valence-corrected chi connectivity index (χ3v) is 6.05. The van der Waals surface area contributed by atoms with Crippen molar-refractivity contribution < 1.29 is 37.7 Å². The Kier molecular flexibility index (Phi) is 8.30. The van der Waals surface area contributed by atoms with Gasteiger partial charge in [0.1, 0.15) is 5.69 Å². The van der Waals surface area contributed by atoms with E-state index in [1.54, 1.807) is 19.2 Å². The number of allylic oxidation sites excluding steroid dienone is 4. The van der Waals surface area contributed by atoms with Gasteiger partial charge in [-0.25, -0.2) is 4.39 Å². The molecule has 4 nitrogen and oxygen atoms in total. The number of nitrogens with zero attached hydrogens (tertiary/aromatic N) is 4. The molecule has 0 amide bonds. The Morgan fingerprint density at radius 2 is 1.89 bits per heavy atom. The predicted molar refractivity (Wildman–Crippen MR) is 133 cm³/mol. The topological polar surface area (TPSA) is 62.2 Å². The summed E-state index contributed by atoms with van der Waals surface area (Å²) >= 11 is 0. The SMILES string of the molecule is C/C(=C\C=C/C=[N-])c1cc(C(F)(F)F)n[n-]1.CC1(C)c2c([c-]ccc2F)-c2nccc3cccc1c23.[Ir+3]. The summed E-state index contributed by atoms with van der Waals surface area (Å²) < 4.78 is 51.0. The van der Waals surface area contributed by atoms with E-state index >= 15 is 0 Å². The molecule has 0 atom stereocenters. The zero-order valence-electron chi connectivity index (χ0n) is 20.1. The summed E-state index contributed by atoms with van der Waals surface area (Å²) in [7, 11) is 0. The number of benzene rings is 2. The molecular formula is C28H21F4IrN4. The molecule has 4 aromatic rings. The van der Waals surface area contributed by atoms with Gasteiger partial charge in [0.2, 0.25) is 0 Å². The molecule has 0 saturated carbocycles. The molecule has 0 radical (unpaired) electrons. The molecule has 1 aliphatic rings. The van der Waals surface area contributed by atoms with Crippen LogP contribution in [-0.4, -0.2) is 16.3 Å². The number of pyridine rings is 1. The van der Waals surface area contributed by atoms with Crippen LogP contribution < -0.4 is 5.10 Å². The van der Waals surface area contributed by atoms with Crippen LogP contribution in [0, 0.1) is 11.9 Å². The van der Waals surface area contributed by atoms with Crippen LogP contribution >= 0.6 is 0 Å². The van der Waals surface area contributed by atoms with Gasteiger partial charge in [0.05, 0.1) is 0 Å². The zero-order valence-corrected chi connectivity index (χ0v) is 22.5. The molecule has 1 aliphatic carbocycles. The third-order valence-electron chi connectivity index (χ3n) is 6.05. The van der Waals surface area contributed by atoms with E-state index in [2.05, 4.69) is 47.2 Å². The summed E-state index contributed by atoms with van der Waals surface area (Å²) in [4.78, 5) is 4.49. The first-order valence-corrected chi connectivity index (χ1v) is 11.0. The van der Waals surface area contributed by atoms with Gasteiger partial charge in [0.15, 0.2) is 0 Å². The summed E-state index contributed by atoms with van der Waals surface area (Å²) in [5.74, 6) is -0.183. The molecule has 2 aromatic heterocycles. The first-order valence-electron chi connectivity index (χ1n) is 11.0. The van der Waals surface area contributed by atoms with Gasteiger partial charge in [-0.3, -0.25) is 0 Å². The van der Waals surface area contributed by atoms with Crippen molar-refractivity contribution in [1.29, 1.82) is 0 Å². The monoisotopic (exact) mass is 682 g/mol. The van der Waals surface area contributed by atoms with Crippen LogP contribution in [0.2, 0.25) is 0 Å². The minimum Gasteiger partial charge on any atom is -0.811 e. The Morgan fingerprint density at radius 3 is 2.57 bits per heavy atom. The van der Waals surface area contributed by atoms with Crippen LogP contribution in [0.1, 0.15) is 43.3 Å². The van der Waals surface area contributed by atoms with Gasteiger partial charge in [0.25, 0.3) is 0 Å². The molecule has 190 valence electrons. The van der Waals surface area contributed by atoms with Crippen LogP contribution in [0.15, 0.2) is 66.9 Å². The molecule has 0 N–H and O–H groups in total. The Labute approximate surface area is 225 Å². The standard InChI is InChI=1S/C18H13FN.C10H8F3N3.Ir/c1-18(2)13-7-3-5-11-9-10-20-17(15(11)13)12-6-4-8-14(19)16(12)18;1-7(4-2-3-5-14)8-6-9(16-15-8)10(11,12)13;/h3-5,7-10H,1-2H3;2-6H,1H3;/q-1;-2;+3/b;3-2-,7-4+;. The van der Waals surface area contributed by atoms with E-state index in [-0.39, 0.29) is 37.0 Å². The maximum Gasteiger partial charge on any atom is 3.00 e. The smallest absolute Gasteiger partial charge is 0.811 e. The second-order valence-corrected chi connectivity index (χ2v) is 8.76. The maximum atomic E-state index is 14.4. The Morgan fingerprint density at radius 1 is 1.14 bits per heavy atom. The number of halogens is 4. The van der Waals surface area contributed by atoms with Gasteiger partial charge < -0.3 is 20.6 Å². The first kappa shape index (κ1) is 28.2. The molecule has 9 heteroatoms. The van der Waals surface area contributed by atoms with Crippen molar-refractivity contribution in [1.82, 2.24) is 15.2 Å². The van der Waals surface area contributed by atoms with E-state index in [1.807, 2.05) is 12.1 Å². The van der Waals surface area contributed by atoms with Crippen LogP contribution in [0.4, 0.5) is 17.6 Å². The van der Waals surface area contributed by atoms with E-state index in [1.165, 1.54) is 24.3 Å². The van der Waals surface area contributed by atoms with Crippen molar-refractivity contribution in [3.63, 3.8) is 0 Å². The summed E-state index contributed by atoms with van der Waals surface area (Å²) in [6.07, 6.45) is 2.48. The molecule has 37 heavy (non-hydrogen) atoms. The van der Waals surface area contributed by atoms with Crippen molar-refractivity contribution in [3.05, 3.63) is 107 Å². The molecule has 2 aromatic carbocycles. The van der Waals surface area contributed by atoms with Gasteiger partial charge in [-0.1, -0.05) is 61.4 Å². The average molecular weight is 682 g/mol. The van der Waals surface area contributed by atoms with Gasteiger partial charge in [-0.2, -0.15) is 19.4 Å². The van der Waals surface area contributed by atoms with Crippen LogP contribution in [-0.2, 0) is 31.7 Å². The van der Waals surface area contributed by atoms with Crippen molar-refractivity contribution in [2.75, 3.05) is 0 Å². The van der Waals surface area contributed by atoms with Gasteiger partial charge in [-0.15, -0.1) is 29.5 Å². The number of aromatic nitrogens is 3. The number of hydrogen-bond acceptors (Lipinski definition) is 2. The second-order valence-electron chi connectivity index (χ2n) is 8.76. The van der Waals surface area contributed by atoms with E-state index in [4.69, 9.17) is 5.41 Å². The van der Waals surface area contributed by atoms with E-state index in [9.17, 15) is 17.6 Å². The van der Waals surface area contributed by atoms with Crippen molar-refractivity contribution in [3.8, 4) is 11.3 Å². The molecule has 0 bridgehead atoms. The Bertz CT molecular complexity index is 1490. The van der Waals surface area contributed by atoms with E-state index in [0.29, 0.717) is 11.1 Å². The van der Waals surface area contributed by atoms with Crippen molar-refractivity contribution in [2.24, 2.45) is 0 Å². The van der Waals surface area contributed by atoms with Gasteiger partial charge in [0, 0.05) is 12.0 Å². The normalized spacial score (nSPS) is 14.0. The summed E-state index contributed by atoms with van der Waals surface area (Å²) in [5, 5.41) is 17.1. The van der Waals surface area contributed by atoms with Crippen molar-refractivity contribution in [2.45, 2.75) is 32.4 Å². The number of rotatable bonds is 3. The largest absolute Gasteiger partial charge is 3.00 e. The molecule has 0 aliphatic heterocycles. The molecule has 0 saturated heterocycles. The Hall–Kier alpha value is -3.42. The quantitative estimate of drug-likeness (QED) is 0.100. The van der Waals surface area contributed by atoms with Gasteiger partial charge in [-0.05, 0) is 46.5 Å². The van der Waals surface area contributed by atoms with E-state index < -0.39 is 11.9 Å². The van der Waals surface area contributed by atoms with Gasteiger partial charge >= 0.3 is 26.3 Å².